The van der Waals surface area contributed by atoms with Crippen LogP contribution < -0.4 is 14.8 Å². The molecule has 134 valence electrons. The summed E-state index contributed by atoms with van der Waals surface area (Å²) in [4.78, 5) is 17.1. The van der Waals surface area contributed by atoms with Crippen molar-refractivity contribution in [1.29, 1.82) is 0 Å². The maximum atomic E-state index is 12.8. The number of carbonyl (C=O) groups is 1. The van der Waals surface area contributed by atoms with Crippen molar-refractivity contribution in [3.8, 4) is 11.5 Å². The second kappa shape index (κ2) is 8.19. The van der Waals surface area contributed by atoms with Crippen LogP contribution in [0.4, 0.5) is 5.69 Å². The first-order chi connectivity index (χ1) is 12.6. The molecular weight excluding hydrogens is 396 g/mol. The van der Waals surface area contributed by atoms with Gasteiger partial charge in [0.25, 0.3) is 5.91 Å². The van der Waals surface area contributed by atoms with Crippen LogP contribution in [0.3, 0.4) is 0 Å². The second-order valence-corrected chi connectivity index (χ2v) is 6.52. The van der Waals surface area contributed by atoms with Gasteiger partial charge in [-0.25, -0.2) is 0 Å². The number of fused-ring (bicyclic) bond motifs is 1. The Hall–Kier alpha value is -2.60. The molecule has 0 aliphatic heterocycles. The van der Waals surface area contributed by atoms with Gasteiger partial charge in [-0.15, -0.1) is 0 Å². The van der Waals surface area contributed by atoms with E-state index in [0.717, 1.165) is 17.3 Å². The molecule has 26 heavy (non-hydrogen) atoms. The number of hydrogen-bond donors (Lipinski definition) is 1. The number of rotatable bonds is 6. The molecule has 0 fully saturated rings. The standard InChI is InChI=1S/C20H19BrN2O3/c1-3-10-26-19-15(21)11-13(12-18(19)25-2)20(24)23-17-8-4-7-16-14(17)6-5-9-22-16/h4-9,11-12H,3,10H2,1-2H3,(H,23,24). The minimum absolute atomic E-state index is 0.234. The van der Waals surface area contributed by atoms with Crippen molar-refractivity contribution in [2.24, 2.45) is 0 Å². The van der Waals surface area contributed by atoms with E-state index in [0.29, 0.717) is 33.8 Å². The Morgan fingerprint density at radius 3 is 2.85 bits per heavy atom. The molecule has 0 aliphatic carbocycles. The zero-order valence-corrected chi connectivity index (χ0v) is 16.2. The summed E-state index contributed by atoms with van der Waals surface area (Å²) < 4.78 is 11.8. The smallest absolute Gasteiger partial charge is 0.255 e. The molecule has 1 heterocycles. The van der Waals surface area contributed by atoms with Gasteiger partial charge in [0.1, 0.15) is 0 Å². The summed E-state index contributed by atoms with van der Waals surface area (Å²) in [7, 11) is 1.55. The number of methoxy groups -OCH3 is 1. The summed E-state index contributed by atoms with van der Waals surface area (Å²) in [5.41, 5.74) is 2.01. The summed E-state index contributed by atoms with van der Waals surface area (Å²) in [5.74, 6) is 0.875. The van der Waals surface area contributed by atoms with E-state index >= 15 is 0 Å². The number of nitrogens with zero attached hydrogens (tertiary/aromatic N) is 1. The van der Waals surface area contributed by atoms with Crippen molar-refractivity contribution in [2.75, 3.05) is 19.0 Å². The molecule has 0 spiro atoms. The van der Waals surface area contributed by atoms with E-state index in [-0.39, 0.29) is 5.91 Å². The van der Waals surface area contributed by atoms with Crippen LogP contribution in [0.25, 0.3) is 10.9 Å². The van der Waals surface area contributed by atoms with Crippen LogP contribution in [-0.4, -0.2) is 24.6 Å². The van der Waals surface area contributed by atoms with Crippen molar-refractivity contribution >= 4 is 38.4 Å². The average Bonchev–Trinajstić information content (AvgIpc) is 2.66. The van der Waals surface area contributed by atoms with Gasteiger partial charge in [-0.1, -0.05) is 13.0 Å². The fraction of sp³-hybridized carbons (Fsp3) is 0.200. The van der Waals surface area contributed by atoms with Crippen LogP contribution in [0, 0.1) is 0 Å². The van der Waals surface area contributed by atoms with E-state index in [9.17, 15) is 4.79 Å². The van der Waals surface area contributed by atoms with E-state index in [1.54, 1.807) is 25.4 Å². The molecule has 3 aromatic rings. The fourth-order valence-electron chi connectivity index (χ4n) is 2.60. The Labute approximate surface area is 160 Å². The molecular formula is C20H19BrN2O3. The largest absolute Gasteiger partial charge is 0.493 e. The molecule has 0 radical (unpaired) electrons. The Kier molecular flexibility index (Phi) is 5.73. The SMILES string of the molecule is CCCOc1c(Br)cc(C(=O)Nc2cccc3ncccc23)cc1OC. The monoisotopic (exact) mass is 414 g/mol. The Morgan fingerprint density at radius 2 is 2.08 bits per heavy atom. The third-order valence-electron chi connectivity index (χ3n) is 3.84. The van der Waals surface area contributed by atoms with Gasteiger partial charge in [-0.2, -0.15) is 0 Å². The number of pyridine rings is 1. The van der Waals surface area contributed by atoms with Crippen LogP contribution in [0.2, 0.25) is 0 Å². The van der Waals surface area contributed by atoms with Gasteiger partial charge in [-0.05, 0) is 58.7 Å². The highest BCUT2D eigenvalue weighted by Crippen LogP contribution is 2.37. The third kappa shape index (κ3) is 3.80. The summed E-state index contributed by atoms with van der Waals surface area (Å²) in [6.45, 7) is 2.60. The lowest BCUT2D eigenvalue weighted by molar-refractivity contribution is 0.102. The molecule has 6 heteroatoms. The lowest BCUT2D eigenvalue weighted by atomic mass is 10.1. The van der Waals surface area contributed by atoms with E-state index in [2.05, 4.69) is 26.2 Å². The average molecular weight is 415 g/mol. The molecule has 2 aromatic carbocycles. The normalized spacial score (nSPS) is 10.6. The number of benzene rings is 2. The Morgan fingerprint density at radius 1 is 1.23 bits per heavy atom. The van der Waals surface area contributed by atoms with Crippen LogP contribution in [0.5, 0.6) is 11.5 Å². The quantitative estimate of drug-likeness (QED) is 0.612. The molecule has 1 aromatic heterocycles. The number of carbonyl (C=O) groups excluding carboxylic acids is 1. The second-order valence-electron chi connectivity index (χ2n) is 5.67. The van der Waals surface area contributed by atoms with Crippen LogP contribution in [0.1, 0.15) is 23.7 Å². The van der Waals surface area contributed by atoms with Gasteiger partial charge in [0.05, 0.1) is 29.4 Å². The van der Waals surface area contributed by atoms with E-state index in [1.807, 2.05) is 37.3 Å². The molecule has 0 aliphatic rings. The lowest BCUT2D eigenvalue weighted by Gasteiger charge is -2.14. The molecule has 0 atom stereocenters. The first-order valence-corrected chi connectivity index (χ1v) is 9.08. The number of halogens is 1. The number of anilines is 1. The maximum Gasteiger partial charge on any atom is 0.255 e. The molecule has 1 N–H and O–H groups in total. The highest BCUT2D eigenvalue weighted by molar-refractivity contribution is 9.10. The number of ether oxygens (including phenoxy) is 2. The molecule has 1 amide bonds. The third-order valence-corrected chi connectivity index (χ3v) is 4.43. The van der Waals surface area contributed by atoms with Crippen molar-refractivity contribution in [3.63, 3.8) is 0 Å². The molecule has 0 saturated carbocycles. The maximum absolute atomic E-state index is 12.8. The highest BCUT2D eigenvalue weighted by atomic mass is 79.9. The minimum atomic E-state index is -0.234. The van der Waals surface area contributed by atoms with Gasteiger partial charge < -0.3 is 14.8 Å². The number of hydrogen-bond acceptors (Lipinski definition) is 4. The van der Waals surface area contributed by atoms with Crippen LogP contribution in [-0.2, 0) is 0 Å². The Balaban J connectivity index is 1.91. The molecule has 0 saturated heterocycles. The zero-order chi connectivity index (χ0) is 18.5. The molecule has 5 nitrogen and oxygen atoms in total. The molecule has 3 rings (SSSR count). The van der Waals surface area contributed by atoms with Crippen molar-refractivity contribution in [1.82, 2.24) is 4.98 Å². The van der Waals surface area contributed by atoms with Gasteiger partial charge in [0, 0.05) is 17.1 Å². The fourth-order valence-corrected chi connectivity index (χ4v) is 3.16. The zero-order valence-electron chi connectivity index (χ0n) is 14.6. The van der Waals surface area contributed by atoms with Crippen LogP contribution in [0.15, 0.2) is 53.1 Å². The summed E-state index contributed by atoms with van der Waals surface area (Å²) in [5, 5.41) is 3.83. The lowest BCUT2D eigenvalue weighted by Crippen LogP contribution is -2.13. The minimum Gasteiger partial charge on any atom is -0.493 e. The molecule has 0 bridgehead atoms. The van der Waals surface area contributed by atoms with Crippen LogP contribution >= 0.6 is 15.9 Å². The van der Waals surface area contributed by atoms with Gasteiger partial charge in [-0.3, -0.25) is 9.78 Å². The van der Waals surface area contributed by atoms with Crippen molar-refractivity contribution in [3.05, 3.63) is 58.7 Å². The Bertz CT molecular complexity index is 938. The number of amides is 1. The first-order valence-electron chi connectivity index (χ1n) is 8.29. The van der Waals surface area contributed by atoms with E-state index in [1.165, 1.54) is 0 Å². The van der Waals surface area contributed by atoms with Gasteiger partial charge in [0.15, 0.2) is 11.5 Å². The predicted molar refractivity (Wildman–Crippen MR) is 106 cm³/mol. The number of aromatic nitrogens is 1. The predicted octanol–water partition coefficient (Wildman–Crippen LogP) is 5.05. The van der Waals surface area contributed by atoms with Crippen molar-refractivity contribution in [2.45, 2.75) is 13.3 Å². The van der Waals surface area contributed by atoms with Gasteiger partial charge in [0.2, 0.25) is 0 Å². The summed E-state index contributed by atoms with van der Waals surface area (Å²) in [6, 6.07) is 12.8. The molecule has 0 unspecified atom stereocenters. The first kappa shape index (κ1) is 18.2. The van der Waals surface area contributed by atoms with E-state index < -0.39 is 0 Å². The summed E-state index contributed by atoms with van der Waals surface area (Å²) >= 11 is 3.47. The van der Waals surface area contributed by atoms with Crippen molar-refractivity contribution < 1.29 is 14.3 Å². The number of nitrogens with one attached hydrogen (secondary N) is 1. The summed E-state index contributed by atoms with van der Waals surface area (Å²) in [6.07, 6.45) is 2.61. The topological polar surface area (TPSA) is 60.5 Å². The highest BCUT2D eigenvalue weighted by Gasteiger charge is 2.16. The van der Waals surface area contributed by atoms with E-state index in [4.69, 9.17) is 9.47 Å². The van der Waals surface area contributed by atoms with Gasteiger partial charge >= 0.3 is 0 Å².